The lowest BCUT2D eigenvalue weighted by Gasteiger charge is -2.32. The van der Waals surface area contributed by atoms with Crippen molar-refractivity contribution in [2.75, 3.05) is 0 Å². The van der Waals surface area contributed by atoms with Gasteiger partial charge in [0.05, 0.1) is 17.4 Å². The Kier molecular flexibility index (Phi) is 2.74. The van der Waals surface area contributed by atoms with Gasteiger partial charge in [-0.15, -0.1) is 0 Å². The highest BCUT2D eigenvalue weighted by molar-refractivity contribution is 6.61. The average molecular weight is 241 g/mol. The lowest BCUT2D eigenvalue weighted by atomic mass is 9.84. The highest BCUT2D eigenvalue weighted by Crippen LogP contribution is 2.36. The summed E-state index contributed by atoms with van der Waals surface area (Å²) in [5.41, 5.74) is -1.16. The van der Waals surface area contributed by atoms with Gasteiger partial charge in [0, 0.05) is 6.07 Å². The van der Waals surface area contributed by atoms with Crippen molar-refractivity contribution >= 4 is 12.7 Å². The molecule has 2 heterocycles. The Balaban J connectivity index is 2.32. The molecule has 92 valence electrons. The minimum atomic E-state index is -0.902. The molecule has 6 heteroatoms. The predicted octanol–water partition coefficient (Wildman–Crippen LogP) is 1.66. The monoisotopic (exact) mass is 241 g/mol. The van der Waals surface area contributed by atoms with Gasteiger partial charge in [0.25, 0.3) is 0 Å². The van der Waals surface area contributed by atoms with E-state index in [1.807, 2.05) is 27.7 Å². The summed E-state index contributed by atoms with van der Waals surface area (Å²) < 4.78 is 37.5. The molecule has 0 aromatic carbocycles. The molecular weight excluding hydrogens is 227 g/mol. The van der Waals surface area contributed by atoms with E-state index in [1.54, 1.807) is 0 Å². The predicted molar refractivity (Wildman–Crippen MR) is 59.9 cm³/mol. The maximum absolute atomic E-state index is 13.5. The van der Waals surface area contributed by atoms with Crippen LogP contribution >= 0.6 is 0 Å². The van der Waals surface area contributed by atoms with Gasteiger partial charge in [-0.25, -0.2) is 8.78 Å². The van der Waals surface area contributed by atoms with Gasteiger partial charge in [0.2, 0.25) is 0 Å². The third-order valence-corrected chi connectivity index (χ3v) is 3.31. The minimum Gasteiger partial charge on any atom is -0.398 e. The van der Waals surface area contributed by atoms with Crippen LogP contribution < -0.4 is 5.59 Å². The fraction of sp³-hybridized carbons (Fsp3) is 0.545. The number of pyridine rings is 1. The van der Waals surface area contributed by atoms with Crippen molar-refractivity contribution in [3.8, 4) is 0 Å². The normalized spacial score (nSPS) is 21.9. The fourth-order valence-corrected chi connectivity index (χ4v) is 1.55. The molecule has 0 N–H and O–H groups in total. The van der Waals surface area contributed by atoms with Crippen LogP contribution in [0, 0.1) is 11.6 Å². The van der Waals surface area contributed by atoms with Gasteiger partial charge in [-0.05, 0) is 27.7 Å². The molecular formula is C11H14BF2NO2. The van der Waals surface area contributed by atoms with Crippen LogP contribution in [0.5, 0.6) is 0 Å². The molecule has 0 atom stereocenters. The summed E-state index contributed by atoms with van der Waals surface area (Å²) in [5, 5.41) is 0. The topological polar surface area (TPSA) is 31.4 Å². The molecule has 1 aliphatic rings. The maximum Gasteiger partial charge on any atom is 0.517 e. The summed E-state index contributed by atoms with van der Waals surface area (Å²) in [6.45, 7) is 7.42. The molecule has 0 radical (unpaired) electrons. The molecule has 0 amide bonds. The average Bonchev–Trinajstić information content (AvgIpc) is 2.35. The van der Waals surface area contributed by atoms with Crippen LogP contribution in [0.3, 0.4) is 0 Å². The van der Waals surface area contributed by atoms with E-state index >= 15 is 0 Å². The van der Waals surface area contributed by atoms with Crippen LogP contribution in [0.1, 0.15) is 27.7 Å². The first-order chi connectivity index (χ1) is 7.73. The molecule has 2 rings (SSSR count). The Bertz CT molecular complexity index is 435. The summed E-state index contributed by atoms with van der Waals surface area (Å²) >= 11 is 0. The Hall–Kier alpha value is -1.01. The third-order valence-electron chi connectivity index (χ3n) is 3.31. The van der Waals surface area contributed by atoms with E-state index in [1.165, 1.54) is 0 Å². The SMILES string of the molecule is CC1(C)OB(c2ncc(F)cc2F)OC1(C)C. The summed E-state index contributed by atoms with van der Waals surface area (Å²) in [6.07, 6.45) is 0.948. The van der Waals surface area contributed by atoms with Crippen LogP contribution in [0.15, 0.2) is 12.3 Å². The number of rotatable bonds is 1. The largest absolute Gasteiger partial charge is 0.517 e. The van der Waals surface area contributed by atoms with E-state index < -0.39 is 30.0 Å². The summed E-state index contributed by atoms with van der Waals surface area (Å²) in [4.78, 5) is 3.69. The Labute approximate surface area is 99.3 Å². The Morgan fingerprint density at radius 2 is 1.65 bits per heavy atom. The van der Waals surface area contributed by atoms with Gasteiger partial charge < -0.3 is 9.31 Å². The summed E-state index contributed by atoms with van der Waals surface area (Å²) in [5.74, 6) is -1.48. The molecule has 1 fully saturated rings. The molecule has 0 bridgehead atoms. The number of hydrogen-bond donors (Lipinski definition) is 0. The number of aromatic nitrogens is 1. The lowest BCUT2D eigenvalue weighted by Crippen LogP contribution is -2.41. The van der Waals surface area contributed by atoms with Crippen LogP contribution in [0.4, 0.5) is 8.78 Å². The number of nitrogens with zero attached hydrogens (tertiary/aromatic N) is 1. The van der Waals surface area contributed by atoms with Gasteiger partial charge in [0.1, 0.15) is 17.2 Å². The molecule has 3 nitrogen and oxygen atoms in total. The Morgan fingerprint density at radius 1 is 1.12 bits per heavy atom. The van der Waals surface area contributed by atoms with Crippen molar-refractivity contribution in [3.63, 3.8) is 0 Å². The molecule has 1 aromatic heterocycles. The standard InChI is InChI=1S/C11H14BF2NO2/c1-10(2)11(3,4)17-12(16-10)9-8(14)5-7(13)6-15-9/h5-6H,1-4H3. The summed E-state index contributed by atoms with van der Waals surface area (Å²) in [6, 6.07) is 0.771. The molecule has 1 saturated heterocycles. The lowest BCUT2D eigenvalue weighted by molar-refractivity contribution is 0.00578. The van der Waals surface area contributed by atoms with Gasteiger partial charge >= 0.3 is 7.12 Å². The first-order valence-electron chi connectivity index (χ1n) is 5.39. The minimum absolute atomic E-state index is 0.0231. The van der Waals surface area contributed by atoms with E-state index in [0.29, 0.717) is 0 Å². The molecule has 0 unspecified atom stereocenters. The molecule has 1 aromatic rings. The highest BCUT2D eigenvalue weighted by Gasteiger charge is 2.53. The van der Waals surface area contributed by atoms with Crippen LogP contribution in [0.25, 0.3) is 0 Å². The molecule has 0 aliphatic carbocycles. The number of halogens is 2. The highest BCUT2D eigenvalue weighted by atomic mass is 19.1. The fourth-order valence-electron chi connectivity index (χ4n) is 1.55. The first kappa shape index (κ1) is 12.5. The van der Waals surface area contributed by atoms with Crippen LogP contribution in [0.2, 0.25) is 0 Å². The smallest absolute Gasteiger partial charge is 0.398 e. The first-order valence-corrected chi connectivity index (χ1v) is 5.39. The van der Waals surface area contributed by atoms with Crippen molar-refractivity contribution in [2.24, 2.45) is 0 Å². The van der Waals surface area contributed by atoms with Crippen molar-refractivity contribution in [1.29, 1.82) is 0 Å². The van der Waals surface area contributed by atoms with Gasteiger partial charge in [-0.3, -0.25) is 4.98 Å². The van der Waals surface area contributed by atoms with Gasteiger partial charge in [0.15, 0.2) is 0 Å². The molecule has 17 heavy (non-hydrogen) atoms. The second-order valence-electron chi connectivity index (χ2n) is 5.11. The van der Waals surface area contributed by atoms with E-state index in [9.17, 15) is 8.78 Å². The van der Waals surface area contributed by atoms with Gasteiger partial charge in [-0.1, -0.05) is 0 Å². The zero-order chi connectivity index (χ0) is 12.8. The zero-order valence-corrected chi connectivity index (χ0v) is 10.3. The summed E-state index contributed by atoms with van der Waals surface area (Å²) in [7, 11) is -0.902. The van der Waals surface area contributed by atoms with Gasteiger partial charge in [-0.2, -0.15) is 0 Å². The number of hydrogen-bond acceptors (Lipinski definition) is 3. The second-order valence-corrected chi connectivity index (χ2v) is 5.11. The third kappa shape index (κ3) is 2.07. The quantitative estimate of drug-likeness (QED) is 0.700. The van der Waals surface area contributed by atoms with E-state index in [2.05, 4.69) is 4.98 Å². The maximum atomic E-state index is 13.5. The van der Waals surface area contributed by atoms with E-state index in [4.69, 9.17) is 9.31 Å². The van der Waals surface area contributed by atoms with Crippen molar-refractivity contribution in [1.82, 2.24) is 4.98 Å². The zero-order valence-electron chi connectivity index (χ0n) is 10.3. The van der Waals surface area contributed by atoms with Crippen LogP contribution in [-0.2, 0) is 9.31 Å². The van der Waals surface area contributed by atoms with Crippen LogP contribution in [-0.4, -0.2) is 23.3 Å². The van der Waals surface area contributed by atoms with E-state index in [-0.39, 0.29) is 5.59 Å². The van der Waals surface area contributed by atoms with Crippen molar-refractivity contribution < 1.29 is 18.1 Å². The van der Waals surface area contributed by atoms with Crippen molar-refractivity contribution in [3.05, 3.63) is 23.9 Å². The van der Waals surface area contributed by atoms with E-state index in [0.717, 1.165) is 12.3 Å². The molecule has 0 spiro atoms. The Morgan fingerprint density at radius 3 is 2.12 bits per heavy atom. The molecule has 1 aliphatic heterocycles. The molecule has 0 saturated carbocycles. The van der Waals surface area contributed by atoms with Crippen molar-refractivity contribution in [2.45, 2.75) is 38.9 Å². The second kappa shape index (κ2) is 3.75.